The molecule has 11 heteroatoms. The molecule has 0 radical (unpaired) electrons. The molecular formula is C23H24N6O3S2. The van der Waals surface area contributed by atoms with Crippen LogP contribution in [0.5, 0.6) is 5.75 Å². The van der Waals surface area contributed by atoms with E-state index in [2.05, 4.69) is 44.5 Å². The van der Waals surface area contributed by atoms with Gasteiger partial charge in [-0.3, -0.25) is 9.36 Å². The zero-order valence-electron chi connectivity index (χ0n) is 18.9. The fourth-order valence-electron chi connectivity index (χ4n) is 3.69. The van der Waals surface area contributed by atoms with E-state index in [1.165, 1.54) is 23.1 Å². The molecule has 1 amide bonds. The van der Waals surface area contributed by atoms with Crippen LogP contribution in [0.25, 0.3) is 15.9 Å². The van der Waals surface area contributed by atoms with Crippen LogP contribution < -0.4 is 15.0 Å². The van der Waals surface area contributed by atoms with E-state index in [1.807, 2.05) is 34.9 Å². The number of benzene rings is 2. The number of rotatable bonds is 7. The molecule has 34 heavy (non-hydrogen) atoms. The second-order valence-corrected chi connectivity index (χ2v) is 9.72. The lowest BCUT2D eigenvalue weighted by Crippen LogP contribution is -2.37. The number of nitrogens with zero attached hydrogens (tertiary/aromatic N) is 5. The molecular weight excluding hydrogens is 472 g/mol. The molecule has 2 aromatic carbocycles. The fourth-order valence-corrected chi connectivity index (χ4v) is 5.35. The largest absolute Gasteiger partial charge is 0.497 e. The number of fused-ring (bicyclic) bond motifs is 1. The highest BCUT2D eigenvalue weighted by atomic mass is 32.2. The van der Waals surface area contributed by atoms with Gasteiger partial charge in [0.25, 0.3) is 0 Å². The molecule has 4 aromatic rings. The van der Waals surface area contributed by atoms with Gasteiger partial charge in [0.15, 0.2) is 10.3 Å². The van der Waals surface area contributed by atoms with Gasteiger partial charge in [0, 0.05) is 13.1 Å². The summed E-state index contributed by atoms with van der Waals surface area (Å²) in [6.45, 7) is 4.85. The van der Waals surface area contributed by atoms with Gasteiger partial charge in [0.1, 0.15) is 5.75 Å². The molecule has 2 aromatic heterocycles. The van der Waals surface area contributed by atoms with E-state index in [0.717, 1.165) is 46.3 Å². The van der Waals surface area contributed by atoms with Crippen LogP contribution in [0.3, 0.4) is 0 Å². The third kappa shape index (κ3) is 4.86. The average molecular weight is 497 g/mol. The molecule has 176 valence electrons. The maximum atomic E-state index is 12.7. The molecule has 1 N–H and O–H groups in total. The smallest absolute Gasteiger partial charge is 0.236 e. The monoisotopic (exact) mass is 496 g/mol. The number of thioether (sulfide) groups is 1. The van der Waals surface area contributed by atoms with Gasteiger partial charge in [-0.2, -0.15) is 0 Å². The number of amides is 1. The third-order valence-corrected chi connectivity index (χ3v) is 7.21. The summed E-state index contributed by atoms with van der Waals surface area (Å²) in [5, 5.41) is 13.0. The van der Waals surface area contributed by atoms with Crippen molar-refractivity contribution in [3.63, 3.8) is 0 Å². The molecule has 5 rings (SSSR count). The molecule has 9 nitrogen and oxygen atoms in total. The minimum absolute atomic E-state index is 0.150. The summed E-state index contributed by atoms with van der Waals surface area (Å²) in [5.74, 6) is 1.56. The number of aryl methyl sites for hydroxylation is 1. The zero-order valence-corrected chi connectivity index (χ0v) is 20.5. The Morgan fingerprint density at radius 2 is 2.06 bits per heavy atom. The lowest BCUT2D eigenvalue weighted by atomic mass is 10.2. The Labute approximate surface area is 205 Å². The Kier molecular flexibility index (Phi) is 6.66. The highest BCUT2D eigenvalue weighted by molar-refractivity contribution is 7.99. The van der Waals surface area contributed by atoms with Crippen LogP contribution in [-0.4, -0.2) is 64.8 Å². The SMILES string of the molecule is COc1ccc2nc(NC(=O)CSc3nnc(N4CCOCC4)n3-c3cccc(C)c3)sc2c1. The summed E-state index contributed by atoms with van der Waals surface area (Å²) in [7, 11) is 1.63. The highest BCUT2D eigenvalue weighted by Crippen LogP contribution is 2.30. The Morgan fingerprint density at radius 1 is 1.21 bits per heavy atom. The van der Waals surface area contributed by atoms with Gasteiger partial charge in [-0.1, -0.05) is 35.2 Å². The van der Waals surface area contributed by atoms with Gasteiger partial charge < -0.3 is 19.7 Å². The molecule has 1 aliphatic heterocycles. The summed E-state index contributed by atoms with van der Waals surface area (Å²) in [5.41, 5.74) is 2.93. The topological polar surface area (TPSA) is 94.4 Å². The Morgan fingerprint density at radius 3 is 2.85 bits per heavy atom. The second-order valence-electron chi connectivity index (χ2n) is 7.75. The molecule has 1 fully saturated rings. The summed E-state index contributed by atoms with van der Waals surface area (Å²) >= 11 is 2.77. The lowest BCUT2D eigenvalue weighted by Gasteiger charge is -2.28. The summed E-state index contributed by atoms with van der Waals surface area (Å²) in [4.78, 5) is 19.4. The molecule has 1 saturated heterocycles. The van der Waals surface area contributed by atoms with Crippen molar-refractivity contribution in [1.82, 2.24) is 19.7 Å². The molecule has 3 heterocycles. The minimum atomic E-state index is -0.150. The Bertz CT molecular complexity index is 1320. The van der Waals surface area contributed by atoms with Crippen molar-refractivity contribution in [2.75, 3.05) is 49.4 Å². The van der Waals surface area contributed by atoms with Crippen molar-refractivity contribution in [3.8, 4) is 11.4 Å². The van der Waals surface area contributed by atoms with Crippen molar-refractivity contribution in [3.05, 3.63) is 48.0 Å². The Balaban J connectivity index is 1.33. The lowest BCUT2D eigenvalue weighted by molar-refractivity contribution is -0.113. The number of thiazole rings is 1. The van der Waals surface area contributed by atoms with Gasteiger partial charge in [0.05, 0.1) is 42.0 Å². The molecule has 0 unspecified atom stereocenters. The van der Waals surface area contributed by atoms with Gasteiger partial charge in [-0.25, -0.2) is 4.98 Å². The van der Waals surface area contributed by atoms with E-state index in [1.54, 1.807) is 7.11 Å². The van der Waals surface area contributed by atoms with E-state index < -0.39 is 0 Å². The number of anilines is 2. The van der Waals surface area contributed by atoms with Crippen molar-refractivity contribution in [1.29, 1.82) is 0 Å². The van der Waals surface area contributed by atoms with Gasteiger partial charge in [-0.15, -0.1) is 10.2 Å². The maximum Gasteiger partial charge on any atom is 0.236 e. The fraction of sp³-hybridized carbons (Fsp3) is 0.304. The minimum Gasteiger partial charge on any atom is -0.497 e. The first-order chi connectivity index (χ1) is 16.6. The quantitative estimate of drug-likeness (QED) is 0.387. The molecule has 1 aliphatic rings. The van der Waals surface area contributed by atoms with Gasteiger partial charge in [0.2, 0.25) is 11.9 Å². The number of methoxy groups -OCH3 is 1. The van der Waals surface area contributed by atoms with Crippen LogP contribution in [0.4, 0.5) is 11.1 Å². The summed E-state index contributed by atoms with van der Waals surface area (Å²) < 4.78 is 13.7. The van der Waals surface area contributed by atoms with Crippen LogP contribution in [0.2, 0.25) is 0 Å². The number of morpholine rings is 1. The van der Waals surface area contributed by atoms with Crippen LogP contribution in [0.1, 0.15) is 5.56 Å². The first-order valence-corrected chi connectivity index (χ1v) is 12.6. The third-order valence-electron chi connectivity index (χ3n) is 5.34. The normalized spacial score (nSPS) is 13.9. The van der Waals surface area contributed by atoms with Crippen LogP contribution >= 0.6 is 23.1 Å². The number of aromatic nitrogens is 4. The van der Waals surface area contributed by atoms with E-state index >= 15 is 0 Å². The number of ether oxygens (including phenoxy) is 2. The highest BCUT2D eigenvalue weighted by Gasteiger charge is 2.22. The van der Waals surface area contributed by atoms with Crippen molar-refractivity contribution >= 4 is 50.3 Å². The van der Waals surface area contributed by atoms with Gasteiger partial charge >= 0.3 is 0 Å². The first kappa shape index (κ1) is 22.6. The Hall–Kier alpha value is -3.15. The number of nitrogens with one attached hydrogen (secondary N) is 1. The number of hydrogen-bond acceptors (Lipinski definition) is 9. The van der Waals surface area contributed by atoms with E-state index in [-0.39, 0.29) is 11.7 Å². The van der Waals surface area contributed by atoms with Crippen LogP contribution in [0.15, 0.2) is 47.6 Å². The van der Waals surface area contributed by atoms with E-state index in [9.17, 15) is 4.79 Å². The van der Waals surface area contributed by atoms with Crippen LogP contribution in [-0.2, 0) is 9.53 Å². The predicted octanol–water partition coefficient (Wildman–Crippen LogP) is 3.76. The number of hydrogen-bond donors (Lipinski definition) is 1. The van der Waals surface area contributed by atoms with Crippen molar-refractivity contribution < 1.29 is 14.3 Å². The van der Waals surface area contributed by atoms with Crippen molar-refractivity contribution in [2.24, 2.45) is 0 Å². The summed E-state index contributed by atoms with van der Waals surface area (Å²) in [6.07, 6.45) is 0. The predicted molar refractivity (Wildman–Crippen MR) is 135 cm³/mol. The molecule has 0 atom stereocenters. The maximum absolute atomic E-state index is 12.7. The average Bonchev–Trinajstić information content (AvgIpc) is 3.46. The molecule has 0 bridgehead atoms. The summed E-state index contributed by atoms with van der Waals surface area (Å²) in [6, 6.07) is 13.8. The van der Waals surface area contributed by atoms with Gasteiger partial charge in [-0.05, 0) is 42.8 Å². The number of carbonyl (C=O) groups excluding carboxylic acids is 1. The number of carbonyl (C=O) groups is 1. The van der Waals surface area contributed by atoms with Crippen molar-refractivity contribution in [2.45, 2.75) is 12.1 Å². The second kappa shape index (κ2) is 10.00. The first-order valence-electron chi connectivity index (χ1n) is 10.8. The van der Waals surface area contributed by atoms with E-state index in [4.69, 9.17) is 9.47 Å². The van der Waals surface area contributed by atoms with Crippen LogP contribution in [0, 0.1) is 6.92 Å². The van der Waals surface area contributed by atoms with E-state index in [0.29, 0.717) is 23.5 Å². The molecule has 0 spiro atoms. The molecule has 0 saturated carbocycles. The standard InChI is InChI=1S/C23H24N6O3S2/c1-15-4-3-5-16(12-15)29-22(28-8-10-32-11-9-28)26-27-23(29)33-14-20(30)25-21-24-18-7-6-17(31-2)13-19(18)34-21/h3-7,12-13H,8-11,14H2,1-2H3,(H,24,25,30). The molecule has 0 aliphatic carbocycles. The zero-order chi connectivity index (χ0) is 23.5.